The van der Waals surface area contributed by atoms with Gasteiger partial charge in [-0.1, -0.05) is 49.4 Å². The molecule has 0 unspecified atom stereocenters. The summed E-state index contributed by atoms with van der Waals surface area (Å²) in [4.78, 5) is 17.7. The molecule has 0 spiro atoms. The molecule has 1 saturated heterocycles. The number of aromatic nitrogens is 1. The highest BCUT2D eigenvalue weighted by Crippen LogP contribution is 2.22. The van der Waals surface area contributed by atoms with Crippen LogP contribution >= 0.6 is 0 Å². The molecule has 0 amide bonds. The van der Waals surface area contributed by atoms with Gasteiger partial charge in [-0.25, -0.2) is 0 Å². The van der Waals surface area contributed by atoms with Gasteiger partial charge in [0.1, 0.15) is 0 Å². The molecular weight excluding hydrogens is 344 g/mol. The molecule has 3 nitrogen and oxygen atoms in total. The van der Waals surface area contributed by atoms with E-state index >= 15 is 0 Å². The van der Waals surface area contributed by atoms with Gasteiger partial charge in [-0.3, -0.25) is 4.79 Å². The van der Waals surface area contributed by atoms with Crippen LogP contribution in [0.1, 0.15) is 36.5 Å². The number of aromatic amines is 1. The number of H-pyrrole nitrogens is 1. The Kier molecular flexibility index (Phi) is 5.92. The molecule has 1 aliphatic rings. The topological polar surface area (TPSA) is 36.1 Å². The van der Waals surface area contributed by atoms with E-state index in [1.807, 2.05) is 13.0 Å². The molecule has 0 bridgehead atoms. The third kappa shape index (κ3) is 4.53. The second-order valence-electron chi connectivity index (χ2n) is 8.12. The van der Waals surface area contributed by atoms with E-state index in [4.69, 9.17) is 0 Å². The van der Waals surface area contributed by atoms with Crippen molar-refractivity contribution in [3.8, 4) is 0 Å². The Morgan fingerprint density at radius 1 is 1.00 bits per heavy atom. The Hall–Kier alpha value is -2.39. The van der Waals surface area contributed by atoms with Gasteiger partial charge in [0.05, 0.1) is 0 Å². The smallest absolute Gasteiger partial charge is 0.251 e. The molecule has 0 aliphatic carbocycles. The lowest BCUT2D eigenvalue weighted by atomic mass is 9.90. The second-order valence-corrected chi connectivity index (χ2v) is 8.12. The lowest BCUT2D eigenvalue weighted by Crippen LogP contribution is -2.35. The van der Waals surface area contributed by atoms with Gasteiger partial charge in [-0.2, -0.15) is 0 Å². The number of nitrogens with one attached hydrogen (secondary N) is 1. The molecule has 1 aliphatic heterocycles. The van der Waals surface area contributed by atoms with E-state index < -0.39 is 0 Å². The third-order valence-corrected chi connectivity index (χ3v) is 6.16. The standard InChI is InChI=1S/C25H30N2O/c1-2-22-18-23-9-8-20(17-24(23)26-25(22)28)10-13-27-14-11-21(12-15-27)16-19-6-4-3-5-7-19/h3-9,17-18,21H,2,10-16H2,1H3,(H,26,28). The molecule has 2 aromatic carbocycles. The molecular formula is C25H30N2O. The fraction of sp³-hybridized carbons (Fsp3) is 0.400. The highest BCUT2D eigenvalue weighted by molar-refractivity contribution is 5.79. The number of aryl methyl sites for hydroxylation is 1. The van der Waals surface area contributed by atoms with Gasteiger partial charge in [-0.05, 0) is 79.8 Å². The van der Waals surface area contributed by atoms with Gasteiger partial charge in [0.2, 0.25) is 0 Å². The van der Waals surface area contributed by atoms with Crippen molar-refractivity contribution in [1.29, 1.82) is 0 Å². The van der Waals surface area contributed by atoms with Crippen molar-refractivity contribution < 1.29 is 0 Å². The molecule has 3 aromatic rings. The van der Waals surface area contributed by atoms with Gasteiger partial charge in [0.25, 0.3) is 5.56 Å². The average Bonchev–Trinajstić information content (AvgIpc) is 2.73. The number of fused-ring (bicyclic) bond motifs is 1. The zero-order valence-corrected chi connectivity index (χ0v) is 16.8. The maximum atomic E-state index is 12.1. The second kappa shape index (κ2) is 8.74. The number of rotatable bonds is 6. The van der Waals surface area contributed by atoms with E-state index in [9.17, 15) is 4.79 Å². The third-order valence-electron chi connectivity index (χ3n) is 6.16. The number of likely N-dealkylation sites (tertiary alicyclic amines) is 1. The first-order valence-corrected chi connectivity index (χ1v) is 10.6. The molecule has 1 N–H and O–H groups in total. The van der Waals surface area contributed by atoms with Crippen LogP contribution < -0.4 is 5.56 Å². The number of pyridine rings is 1. The fourth-order valence-electron chi connectivity index (χ4n) is 4.36. The van der Waals surface area contributed by atoms with Crippen LogP contribution in [0.3, 0.4) is 0 Å². The molecule has 2 heterocycles. The number of piperidine rings is 1. The summed E-state index contributed by atoms with van der Waals surface area (Å²) in [6.07, 6.45) is 5.61. The largest absolute Gasteiger partial charge is 0.322 e. The van der Waals surface area contributed by atoms with Crippen molar-refractivity contribution in [3.63, 3.8) is 0 Å². The predicted octanol–water partition coefficient (Wildman–Crippen LogP) is 4.59. The van der Waals surface area contributed by atoms with Gasteiger partial charge in [-0.15, -0.1) is 0 Å². The average molecular weight is 375 g/mol. The van der Waals surface area contributed by atoms with Crippen LogP contribution in [-0.4, -0.2) is 29.5 Å². The minimum absolute atomic E-state index is 0.0487. The van der Waals surface area contributed by atoms with E-state index in [2.05, 4.69) is 58.4 Å². The van der Waals surface area contributed by atoms with Crippen LogP contribution in [0.2, 0.25) is 0 Å². The van der Waals surface area contributed by atoms with Crippen LogP contribution in [0.15, 0.2) is 59.4 Å². The Morgan fingerprint density at radius 3 is 2.54 bits per heavy atom. The summed E-state index contributed by atoms with van der Waals surface area (Å²) in [5.74, 6) is 0.817. The summed E-state index contributed by atoms with van der Waals surface area (Å²) in [6.45, 7) is 5.51. The first-order chi connectivity index (χ1) is 13.7. The van der Waals surface area contributed by atoms with E-state index in [0.717, 1.165) is 41.8 Å². The van der Waals surface area contributed by atoms with Crippen molar-refractivity contribution in [2.45, 2.75) is 39.0 Å². The van der Waals surface area contributed by atoms with Crippen LogP contribution in [0.4, 0.5) is 0 Å². The first kappa shape index (κ1) is 18.9. The van der Waals surface area contributed by atoms with Gasteiger partial charge >= 0.3 is 0 Å². The van der Waals surface area contributed by atoms with Crippen molar-refractivity contribution >= 4 is 10.9 Å². The summed E-state index contributed by atoms with van der Waals surface area (Å²) in [5.41, 5.74) is 4.64. The fourth-order valence-corrected chi connectivity index (χ4v) is 4.36. The monoisotopic (exact) mass is 374 g/mol. The summed E-state index contributed by atoms with van der Waals surface area (Å²) in [7, 11) is 0. The number of hydrogen-bond acceptors (Lipinski definition) is 2. The van der Waals surface area contributed by atoms with Crippen LogP contribution in [0.25, 0.3) is 10.9 Å². The molecule has 1 aromatic heterocycles. The van der Waals surface area contributed by atoms with Crippen LogP contribution in [0.5, 0.6) is 0 Å². The van der Waals surface area contributed by atoms with Gasteiger partial charge < -0.3 is 9.88 Å². The predicted molar refractivity (Wildman–Crippen MR) is 117 cm³/mol. The maximum absolute atomic E-state index is 12.1. The number of benzene rings is 2. The molecule has 146 valence electrons. The van der Waals surface area contributed by atoms with E-state index in [0.29, 0.717) is 0 Å². The lowest BCUT2D eigenvalue weighted by Gasteiger charge is -2.32. The zero-order valence-electron chi connectivity index (χ0n) is 16.8. The van der Waals surface area contributed by atoms with E-state index in [1.54, 1.807) is 0 Å². The van der Waals surface area contributed by atoms with Crippen molar-refractivity contribution in [2.75, 3.05) is 19.6 Å². The van der Waals surface area contributed by atoms with Crippen LogP contribution in [0, 0.1) is 5.92 Å². The molecule has 28 heavy (non-hydrogen) atoms. The minimum atomic E-state index is 0.0487. The van der Waals surface area contributed by atoms with Crippen molar-refractivity contribution in [3.05, 3.63) is 81.6 Å². The maximum Gasteiger partial charge on any atom is 0.251 e. The molecule has 4 rings (SSSR count). The minimum Gasteiger partial charge on any atom is -0.322 e. The van der Waals surface area contributed by atoms with Gasteiger partial charge in [0, 0.05) is 17.6 Å². The SMILES string of the molecule is CCc1cc2ccc(CCN3CCC(Cc4ccccc4)CC3)cc2[nH]c1=O. The Morgan fingerprint density at radius 2 is 1.79 bits per heavy atom. The van der Waals surface area contributed by atoms with Crippen molar-refractivity contribution in [2.24, 2.45) is 5.92 Å². The Balaban J connectivity index is 1.31. The Bertz CT molecular complexity index is 969. The van der Waals surface area contributed by atoms with E-state index in [1.165, 1.54) is 43.5 Å². The molecule has 3 heteroatoms. The highest BCUT2D eigenvalue weighted by atomic mass is 16.1. The quantitative estimate of drug-likeness (QED) is 0.685. The molecule has 0 radical (unpaired) electrons. The first-order valence-electron chi connectivity index (χ1n) is 10.6. The van der Waals surface area contributed by atoms with Gasteiger partial charge in [0.15, 0.2) is 0 Å². The zero-order chi connectivity index (χ0) is 19.3. The Labute approximate surface area is 167 Å². The van der Waals surface area contributed by atoms with Crippen LogP contribution in [-0.2, 0) is 19.3 Å². The lowest BCUT2D eigenvalue weighted by molar-refractivity contribution is 0.186. The number of nitrogens with zero attached hydrogens (tertiary/aromatic N) is 1. The molecule has 0 saturated carbocycles. The summed E-state index contributed by atoms with van der Waals surface area (Å²) in [6, 6.07) is 19.4. The normalized spacial score (nSPS) is 15.9. The number of hydrogen-bond donors (Lipinski definition) is 1. The summed E-state index contributed by atoms with van der Waals surface area (Å²) in [5, 5.41) is 1.13. The highest BCUT2D eigenvalue weighted by Gasteiger charge is 2.19. The summed E-state index contributed by atoms with van der Waals surface area (Å²) >= 11 is 0. The molecule has 1 fully saturated rings. The van der Waals surface area contributed by atoms with E-state index in [-0.39, 0.29) is 5.56 Å². The molecule has 0 atom stereocenters. The summed E-state index contributed by atoms with van der Waals surface area (Å²) < 4.78 is 0. The van der Waals surface area contributed by atoms with Crippen molar-refractivity contribution in [1.82, 2.24) is 9.88 Å².